The zero-order valence-electron chi connectivity index (χ0n) is 10.2. The minimum atomic E-state index is -2.19. The molecule has 4 unspecified atom stereocenters. The highest BCUT2D eigenvalue weighted by Crippen LogP contribution is 2.45. The Morgan fingerprint density at radius 2 is 1.88 bits per heavy atom. The van der Waals surface area contributed by atoms with Gasteiger partial charge in [-0.15, -0.1) is 11.6 Å². The SMILES string of the molecule is FC(F)C1CCC[C]C1C1CCCCC1CCl. The van der Waals surface area contributed by atoms with E-state index in [2.05, 4.69) is 6.42 Å². The second-order valence-corrected chi connectivity index (χ2v) is 5.79. The van der Waals surface area contributed by atoms with Gasteiger partial charge in [0, 0.05) is 11.8 Å². The summed E-state index contributed by atoms with van der Waals surface area (Å²) >= 11 is 6.01. The summed E-state index contributed by atoms with van der Waals surface area (Å²) in [6, 6.07) is 0. The molecule has 0 nitrogen and oxygen atoms in total. The Hall–Kier alpha value is 0.150. The quantitative estimate of drug-likeness (QED) is 0.641. The second kappa shape index (κ2) is 6.36. The van der Waals surface area contributed by atoms with E-state index in [9.17, 15) is 8.78 Å². The van der Waals surface area contributed by atoms with Crippen molar-refractivity contribution >= 4 is 11.6 Å². The molecule has 3 heteroatoms. The number of halogens is 3. The summed E-state index contributed by atoms with van der Waals surface area (Å²) < 4.78 is 26.2. The number of hydrogen-bond acceptors (Lipinski definition) is 0. The van der Waals surface area contributed by atoms with Crippen LogP contribution in [0.3, 0.4) is 0 Å². The molecule has 0 N–H and O–H groups in total. The molecule has 0 bridgehead atoms. The van der Waals surface area contributed by atoms with Gasteiger partial charge in [0.05, 0.1) is 0 Å². The molecule has 2 fully saturated rings. The Morgan fingerprint density at radius 1 is 1.12 bits per heavy atom. The molecule has 0 aromatic carbocycles. The topological polar surface area (TPSA) is 0 Å². The van der Waals surface area contributed by atoms with Crippen LogP contribution < -0.4 is 0 Å². The maximum absolute atomic E-state index is 13.1. The third-order valence-electron chi connectivity index (χ3n) is 4.51. The zero-order valence-corrected chi connectivity index (χ0v) is 10.9. The van der Waals surface area contributed by atoms with E-state index >= 15 is 0 Å². The average Bonchev–Trinajstić information content (AvgIpc) is 2.38. The molecule has 0 spiro atoms. The van der Waals surface area contributed by atoms with Crippen molar-refractivity contribution in [3.63, 3.8) is 0 Å². The van der Waals surface area contributed by atoms with E-state index in [0.717, 1.165) is 25.7 Å². The molecule has 2 radical (unpaired) electrons. The standard InChI is InChI=1S/C14H21ClF2/c15-9-10-5-1-2-6-11(10)12-7-3-4-8-13(12)14(16)17/h10-14H,1-6,8-9H2. The Labute approximate surface area is 108 Å². The van der Waals surface area contributed by atoms with Crippen LogP contribution in [0.2, 0.25) is 0 Å². The Bertz CT molecular complexity index is 232. The van der Waals surface area contributed by atoms with Gasteiger partial charge in [0.1, 0.15) is 0 Å². The first-order chi connectivity index (χ1) is 8.24. The molecular formula is C14H21ClF2. The first-order valence-corrected chi connectivity index (χ1v) is 7.35. The fourth-order valence-corrected chi connectivity index (χ4v) is 3.97. The van der Waals surface area contributed by atoms with Crippen molar-refractivity contribution in [2.45, 2.75) is 51.4 Å². The normalized spacial score (nSPS) is 39.5. The highest BCUT2D eigenvalue weighted by atomic mass is 35.5. The van der Waals surface area contributed by atoms with Crippen molar-refractivity contribution in [2.75, 3.05) is 5.88 Å². The van der Waals surface area contributed by atoms with E-state index in [-0.39, 0.29) is 5.92 Å². The van der Waals surface area contributed by atoms with Gasteiger partial charge in [-0.1, -0.05) is 19.3 Å². The molecule has 0 amide bonds. The highest BCUT2D eigenvalue weighted by Gasteiger charge is 2.40. The first-order valence-electron chi connectivity index (χ1n) is 6.81. The first kappa shape index (κ1) is 13.6. The predicted molar refractivity (Wildman–Crippen MR) is 66.2 cm³/mol. The van der Waals surface area contributed by atoms with Crippen molar-refractivity contribution in [1.29, 1.82) is 0 Å². The summed E-state index contributed by atoms with van der Waals surface area (Å²) in [7, 11) is 0. The van der Waals surface area contributed by atoms with Crippen LogP contribution in [-0.4, -0.2) is 12.3 Å². The molecule has 17 heavy (non-hydrogen) atoms. The molecular weight excluding hydrogens is 242 g/mol. The number of hydrogen-bond donors (Lipinski definition) is 0. The summed E-state index contributed by atoms with van der Waals surface area (Å²) in [5.74, 6) is 0.951. The molecule has 2 aliphatic carbocycles. The zero-order chi connectivity index (χ0) is 12.3. The molecule has 2 saturated carbocycles. The van der Waals surface area contributed by atoms with E-state index in [1.54, 1.807) is 0 Å². The molecule has 98 valence electrons. The van der Waals surface area contributed by atoms with E-state index in [1.165, 1.54) is 12.8 Å². The van der Waals surface area contributed by atoms with Crippen LogP contribution in [0, 0.1) is 30.1 Å². The van der Waals surface area contributed by atoms with Gasteiger partial charge in [-0.2, -0.15) is 0 Å². The molecule has 0 saturated heterocycles. The number of rotatable bonds is 3. The van der Waals surface area contributed by atoms with Crippen molar-refractivity contribution in [3.8, 4) is 0 Å². The summed E-state index contributed by atoms with van der Waals surface area (Å²) in [5, 5.41) is 0. The van der Waals surface area contributed by atoms with Gasteiger partial charge in [0.2, 0.25) is 6.43 Å². The Balaban J connectivity index is 2.05. The van der Waals surface area contributed by atoms with E-state index in [1.807, 2.05) is 0 Å². The lowest BCUT2D eigenvalue weighted by atomic mass is 9.64. The van der Waals surface area contributed by atoms with Gasteiger partial charge >= 0.3 is 0 Å². The average molecular weight is 263 g/mol. The minimum Gasteiger partial charge on any atom is -0.210 e. The van der Waals surface area contributed by atoms with Crippen molar-refractivity contribution in [1.82, 2.24) is 0 Å². The van der Waals surface area contributed by atoms with Crippen LogP contribution in [0.1, 0.15) is 44.9 Å². The summed E-state index contributed by atoms with van der Waals surface area (Å²) in [4.78, 5) is 0. The smallest absolute Gasteiger partial charge is 0.210 e. The van der Waals surface area contributed by atoms with Gasteiger partial charge in [0.15, 0.2) is 0 Å². The van der Waals surface area contributed by atoms with E-state index < -0.39 is 12.3 Å². The largest absolute Gasteiger partial charge is 0.241 e. The van der Waals surface area contributed by atoms with Gasteiger partial charge in [-0.05, 0) is 49.9 Å². The van der Waals surface area contributed by atoms with Crippen LogP contribution in [0.15, 0.2) is 0 Å². The van der Waals surface area contributed by atoms with Gasteiger partial charge in [0.25, 0.3) is 0 Å². The van der Waals surface area contributed by atoms with Crippen LogP contribution in [0.4, 0.5) is 8.78 Å². The molecule has 0 aromatic rings. The van der Waals surface area contributed by atoms with E-state index in [4.69, 9.17) is 11.6 Å². The molecule has 0 aromatic heterocycles. The Morgan fingerprint density at radius 3 is 2.59 bits per heavy atom. The molecule has 4 atom stereocenters. The molecule has 0 aliphatic heterocycles. The van der Waals surface area contributed by atoms with Gasteiger partial charge in [-0.3, -0.25) is 0 Å². The van der Waals surface area contributed by atoms with Crippen molar-refractivity contribution in [2.24, 2.45) is 23.7 Å². The second-order valence-electron chi connectivity index (χ2n) is 5.48. The molecule has 2 rings (SSSR count). The maximum Gasteiger partial charge on any atom is 0.241 e. The minimum absolute atomic E-state index is 0.00667. The van der Waals surface area contributed by atoms with Crippen LogP contribution in [0.5, 0.6) is 0 Å². The summed E-state index contributed by atoms with van der Waals surface area (Å²) in [6.45, 7) is 0. The molecule has 0 heterocycles. The number of alkyl halides is 3. The molecule has 2 aliphatic rings. The summed E-state index contributed by atoms with van der Waals surface area (Å²) in [6.07, 6.45) is 8.15. The third kappa shape index (κ3) is 3.13. The predicted octanol–water partition coefficient (Wildman–Crippen LogP) is 4.79. The lowest BCUT2D eigenvalue weighted by molar-refractivity contribution is 0.00207. The van der Waals surface area contributed by atoms with Crippen LogP contribution >= 0.6 is 11.6 Å². The monoisotopic (exact) mass is 262 g/mol. The highest BCUT2D eigenvalue weighted by molar-refractivity contribution is 6.18. The lowest BCUT2D eigenvalue weighted by Crippen LogP contribution is -2.37. The Kier molecular flexibility index (Phi) is 5.08. The third-order valence-corrected chi connectivity index (χ3v) is 4.90. The fourth-order valence-electron chi connectivity index (χ4n) is 3.59. The van der Waals surface area contributed by atoms with Crippen molar-refractivity contribution in [3.05, 3.63) is 6.42 Å². The maximum atomic E-state index is 13.1. The lowest BCUT2D eigenvalue weighted by Gasteiger charge is -2.42. The van der Waals surface area contributed by atoms with Crippen LogP contribution in [0.25, 0.3) is 0 Å². The van der Waals surface area contributed by atoms with Crippen molar-refractivity contribution < 1.29 is 8.78 Å². The van der Waals surface area contributed by atoms with Crippen LogP contribution in [-0.2, 0) is 0 Å². The summed E-state index contributed by atoms with van der Waals surface area (Å²) in [5.41, 5.74) is 0. The van der Waals surface area contributed by atoms with E-state index in [0.29, 0.717) is 24.1 Å². The van der Waals surface area contributed by atoms with Gasteiger partial charge in [-0.25, -0.2) is 8.78 Å². The fraction of sp³-hybridized carbons (Fsp3) is 0.929. The van der Waals surface area contributed by atoms with Gasteiger partial charge < -0.3 is 0 Å².